The zero-order valence-corrected chi connectivity index (χ0v) is 22.9. The number of nitrogens with zero attached hydrogens (tertiary/aromatic N) is 3. The number of imidazole rings is 1. The summed E-state index contributed by atoms with van der Waals surface area (Å²) in [4.78, 5) is 19.9. The van der Waals surface area contributed by atoms with Crippen LogP contribution in [0.5, 0.6) is 0 Å². The predicted octanol–water partition coefficient (Wildman–Crippen LogP) is 6.20. The lowest BCUT2D eigenvalue weighted by Gasteiger charge is -2.25. The number of nitrogens with one attached hydrogen (secondary N) is 1. The molecule has 0 saturated carbocycles. The van der Waals surface area contributed by atoms with E-state index in [4.69, 9.17) is 4.98 Å². The van der Waals surface area contributed by atoms with E-state index >= 15 is 0 Å². The van der Waals surface area contributed by atoms with E-state index in [0.29, 0.717) is 12.5 Å². The Morgan fingerprint density at radius 3 is 2.51 bits per heavy atom. The molecule has 1 aliphatic carbocycles. The van der Waals surface area contributed by atoms with E-state index in [1.54, 1.807) is 0 Å². The Morgan fingerprint density at radius 2 is 1.78 bits per heavy atom. The SMILES string of the molecule is CC1=CCc2nc(C(NCCCN(C)C(=O)c3ccccc3C)C(C)C)n(Cc3ccccc3)c2C=C1. The second-order valence-electron chi connectivity index (χ2n) is 10.4. The highest BCUT2D eigenvalue weighted by molar-refractivity contribution is 5.95. The van der Waals surface area contributed by atoms with Crippen molar-refractivity contribution < 1.29 is 4.79 Å². The van der Waals surface area contributed by atoms with Crippen LogP contribution in [0.1, 0.15) is 71.9 Å². The van der Waals surface area contributed by atoms with Gasteiger partial charge in [-0.05, 0) is 56.0 Å². The summed E-state index contributed by atoms with van der Waals surface area (Å²) in [6.45, 7) is 10.9. The van der Waals surface area contributed by atoms with Crippen LogP contribution in [-0.4, -0.2) is 40.5 Å². The molecule has 1 heterocycles. The highest BCUT2D eigenvalue weighted by Gasteiger charge is 2.25. The number of carbonyl (C=O) groups excluding carboxylic acids is 1. The summed E-state index contributed by atoms with van der Waals surface area (Å²) < 4.78 is 2.39. The van der Waals surface area contributed by atoms with Crippen LogP contribution >= 0.6 is 0 Å². The van der Waals surface area contributed by atoms with E-state index < -0.39 is 0 Å². The van der Waals surface area contributed by atoms with Crippen LogP contribution in [0.3, 0.4) is 0 Å². The molecular weight excluding hydrogens is 456 g/mol. The summed E-state index contributed by atoms with van der Waals surface area (Å²) in [6, 6.07) is 18.5. The molecule has 1 unspecified atom stereocenters. The Bertz CT molecular complexity index is 1270. The van der Waals surface area contributed by atoms with E-state index in [1.807, 2.05) is 43.1 Å². The molecule has 194 valence electrons. The molecule has 5 heteroatoms. The summed E-state index contributed by atoms with van der Waals surface area (Å²) in [5.41, 5.74) is 6.66. The van der Waals surface area contributed by atoms with E-state index in [9.17, 15) is 4.79 Å². The van der Waals surface area contributed by atoms with Crippen LogP contribution in [0, 0.1) is 12.8 Å². The van der Waals surface area contributed by atoms with Crippen LogP contribution in [-0.2, 0) is 13.0 Å². The van der Waals surface area contributed by atoms with E-state index in [2.05, 4.69) is 79.2 Å². The lowest BCUT2D eigenvalue weighted by Crippen LogP contribution is -2.33. The van der Waals surface area contributed by atoms with Crippen molar-refractivity contribution in [2.24, 2.45) is 5.92 Å². The predicted molar refractivity (Wildman–Crippen MR) is 153 cm³/mol. The first-order valence-electron chi connectivity index (χ1n) is 13.4. The molecule has 0 aliphatic heterocycles. The molecule has 0 spiro atoms. The minimum atomic E-state index is 0.0794. The molecule has 5 nitrogen and oxygen atoms in total. The Morgan fingerprint density at radius 1 is 1.05 bits per heavy atom. The molecule has 0 saturated heterocycles. The van der Waals surface area contributed by atoms with Gasteiger partial charge in [0.25, 0.3) is 5.91 Å². The number of allylic oxidation sites excluding steroid dienone is 3. The van der Waals surface area contributed by atoms with Gasteiger partial charge in [-0.15, -0.1) is 0 Å². The van der Waals surface area contributed by atoms with Crippen molar-refractivity contribution in [1.82, 2.24) is 19.8 Å². The van der Waals surface area contributed by atoms with Gasteiger partial charge in [-0.1, -0.05) is 80.1 Å². The first-order valence-corrected chi connectivity index (χ1v) is 13.4. The van der Waals surface area contributed by atoms with Gasteiger partial charge in [0.05, 0.1) is 17.4 Å². The molecule has 1 aromatic heterocycles. The monoisotopic (exact) mass is 496 g/mol. The zero-order chi connectivity index (χ0) is 26.4. The van der Waals surface area contributed by atoms with Crippen LogP contribution in [0.2, 0.25) is 0 Å². The number of hydrogen-bond acceptors (Lipinski definition) is 3. The number of benzene rings is 2. The molecule has 1 aliphatic rings. The van der Waals surface area contributed by atoms with Gasteiger partial charge in [-0.3, -0.25) is 4.79 Å². The zero-order valence-electron chi connectivity index (χ0n) is 22.9. The minimum absolute atomic E-state index is 0.0794. The van der Waals surface area contributed by atoms with Crippen LogP contribution in [0.4, 0.5) is 0 Å². The number of fused-ring (bicyclic) bond motifs is 1. The van der Waals surface area contributed by atoms with Gasteiger partial charge in [0.15, 0.2) is 0 Å². The van der Waals surface area contributed by atoms with Crippen molar-refractivity contribution in [1.29, 1.82) is 0 Å². The number of aromatic nitrogens is 2. The number of carbonyl (C=O) groups is 1. The average molecular weight is 497 g/mol. The van der Waals surface area contributed by atoms with Gasteiger partial charge in [0.1, 0.15) is 5.82 Å². The first kappa shape index (κ1) is 26.6. The van der Waals surface area contributed by atoms with Crippen LogP contribution in [0.15, 0.2) is 72.3 Å². The van der Waals surface area contributed by atoms with Gasteiger partial charge in [-0.2, -0.15) is 0 Å². The molecule has 2 aromatic carbocycles. The van der Waals surface area contributed by atoms with Crippen LogP contribution in [0.25, 0.3) is 6.08 Å². The fourth-order valence-electron chi connectivity index (χ4n) is 4.90. The summed E-state index contributed by atoms with van der Waals surface area (Å²) in [6.07, 6.45) is 8.39. The maximum atomic E-state index is 12.9. The number of amides is 1. The van der Waals surface area contributed by atoms with E-state index in [-0.39, 0.29) is 11.9 Å². The Labute approximate surface area is 221 Å². The van der Waals surface area contributed by atoms with Crippen molar-refractivity contribution in [3.05, 3.63) is 106 Å². The maximum absolute atomic E-state index is 12.9. The van der Waals surface area contributed by atoms with Crippen molar-refractivity contribution in [3.63, 3.8) is 0 Å². The molecule has 1 atom stereocenters. The van der Waals surface area contributed by atoms with Crippen molar-refractivity contribution in [3.8, 4) is 0 Å². The fourth-order valence-corrected chi connectivity index (χ4v) is 4.90. The molecular formula is C32H40N4O. The number of rotatable bonds is 10. The van der Waals surface area contributed by atoms with Gasteiger partial charge < -0.3 is 14.8 Å². The summed E-state index contributed by atoms with van der Waals surface area (Å²) in [7, 11) is 1.89. The molecule has 0 radical (unpaired) electrons. The average Bonchev–Trinajstić information content (AvgIpc) is 3.11. The number of aryl methyl sites for hydroxylation is 1. The second-order valence-corrected chi connectivity index (χ2v) is 10.4. The van der Waals surface area contributed by atoms with Crippen molar-refractivity contribution in [2.45, 2.75) is 53.1 Å². The lowest BCUT2D eigenvalue weighted by atomic mass is 10.0. The molecule has 1 N–H and O–H groups in total. The molecule has 37 heavy (non-hydrogen) atoms. The molecule has 0 fully saturated rings. The molecule has 0 bridgehead atoms. The Hall–Kier alpha value is -3.44. The third-order valence-electron chi connectivity index (χ3n) is 7.12. The van der Waals surface area contributed by atoms with Crippen molar-refractivity contribution >= 4 is 12.0 Å². The molecule has 1 amide bonds. The Balaban J connectivity index is 1.49. The fraction of sp³-hybridized carbons (Fsp3) is 0.375. The van der Waals surface area contributed by atoms with E-state index in [0.717, 1.165) is 48.6 Å². The standard InChI is InChI=1S/C32H40N4O/c1-23(2)30(33-20-11-21-35(5)32(37)27-15-10-9-12-25(27)4)31-34-28-18-16-24(3)17-19-29(28)36(31)22-26-13-7-6-8-14-26/h6-10,12-17,19,23,30,33H,11,18,20-22H2,1-5H3. The summed E-state index contributed by atoms with van der Waals surface area (Å²) in [5, 5.41) is 3.78. The van der Waals surface area contributed by atoms with Crippen molar-refractivity contribution in [2.75, 3.05) is 20.1 Å². The normalized spacial score (nSPS) is 13.7. The molecule has 3 aromatic rings. The van der Waals surface area contributed by atoms with Gasteiger partial charge in [-0.25, -0.2) is 4.98 Å². The topological polar surface area (TPSA) is 50.2 Å². The van der Waals surface area contributed by atoms with Crippen LogP contribution < -0.4 is 5.32 Å². The largest absolute Gasteiger partial charge is 0.342 e. The van der Waals surface area contributed by atoms with E-state index in [1.165, 1.54) is 16.8 Å². The third-order valence-corrected chi connectivity index (χ3v) is 7.12. The number of hydrogen-bond donors (Lipinski definition) is 1. The highest BCUT2D eigenvalue weighted by atomic mass is 16.2. The second kappa shape index (κ2) is 12.2. The summed E-state index contributed by atoms with van der Waals surface area (Å²) >= 11 is 0. The Kier molecular flexibility index (Phi) is 8.78. The quantitative estimate of drug-likeness (QED) is 0.340. The third kappa shape index (κ3) is 6.47. The van der Waals surface area contributed by atoms with Gasteiger partial charge in [0.2, 0.25) is 0 Å². The summed E-state index contributed by atoms with van der Waals surface area (Å²) in [5.74, 6) is 1.54. The lowest BCUT2D eigenvalue weighted by molar-refractivity contribution is 0.0792. The maximum Gasteiger partial charge on any atom is 0.253 e. The minimum Gasteiger partial charge on any atom is -0.342 e. The first-order chi connectivity index (χ1) is 17.8. The highest BCUT2D eigenvalue weighted by Crippen LogP contribution is 2.28. The van der Waals surface area contributed by atoms with Gasteiger partial charge in [0, 0.05) is 32.1 Å². The smallest absolute Gasteiger partial charge is 0.253 e. The molecule has 4 rings (SSSR count). The van der Waals surface area contributed by atoms with Gasteiger partial charge >= 0.3 is 0 Å².